The summed E-state index contributed by atoms with van der Waals surface area (Å²) in [6, 6.07) is 6.35. The molecule has 0 saturated carbocycles. The molecule has 0 bridgehead atoms. The second kappa shape index (κ2) is 6.54. The van der Waals surface area contributed by atoms with Gasteiger partial charge in [0.25, 0.3) is 5.91 Å². The molecule has 1 amide bonds. The van der Waals surface area contributed by atoms with Crippen LogP contribution in [0.2, 0.25) is 0 Å². The van der Waals surface area contributed by atoms with Gasteiger partial charge in [-0.2, -0.15) is 0 Å². The van der Waals surface area contributed by atoms with Gasteiger partial charge in [0.05, 0.1) is 7.11 Å². The van der Waals surface area contributed by atoms with Gasteiger partial charge in [0.15, 0.2) is 0 Å². The highest BCUT2D eigenvalue weighted by atomic mass is 79.9. The van der Waals surface area contributed by atoms with E-state index < -0.39 is 12.0 Å². The molecule has 18 heavy (non-hydrogen) atoms. The van der Waals surface area contributed by atoms with Gasteiger partial charge in [0.1, 0.15) is 6.04 Å². The fraction of sp³-hybridized carbons (Fsp3) is 0.385. The predicted octanol–water partition coefficient (Wildman–Crippen LogP) is 2.38. The second-order valence-corrected chi connectivity index (χ2v) is 5.14. The molecule has 0 aliphatic carbocycles. The van der Waals surface area contributed by atoms with Crippen LogP contribution in [0.3, 0.4) is 0 Å². The van der Waals surface area contributed by atoms with Crippen LogP contribution in [0.5, 0.6) is 0 Å². The molecule has 0 fully saturated rings. The maximum absolute atomic E-state index is 12.0. The number of carbonyl (C=O) groups excluding carboxylic acids is 2. The third-order valence-corrected chi connectivity index (χ3v) is 2.99. The minimum Gasteiger partial charge on any atom is -0.467 e. The Labute approximate surface area is 115 Å². The Hall–Kier alpha value is -1.36. The van der Waals surface area contributed by atoms with Crippen molar-refractivity contribution in [2.75, 3.05) is 7.11 Å². The number of hydrogen-bond acceptors (Lipinski definition) is 3. The molecule has 4 nitrogen and oxygen atoms in total. The molecule has 1 aromatic rings. The van der Waals surface area contributed by atoms with Crippen LogP contribution in [0.15, 0.2) is 28.7 Å². The van der Waals surface area contributed by atoms with Crippen molar-refractivity contribution < 1.29 is 14.3 Å². The van der Waals surface area contributed by atoms with Crippen molar-refractivity contribution in [1.29, 1.82) is 0 Å². The zero-order valence-electron chi connectivity index (χ0n) is 10.6. The van der Waals surface area contributed by atoms with Crippen LogP contribution in [-0.4, -0.2) is 25.0 Å². The van der Waals surface area contributed by atoms with Crippen LogP contribution in [0.4, 0.5) is 0 Å². The highest BCUT2D eigenvalue weighted by molar-refractivity contribution is 9.10. The summed E-state index contributed by atoms with van der Waals surface area (Å²) in [5.74, 6) is -0.762. The highest BCUT2D eigenvalue weighted by Crippen LogP contribution is 2.12. The van der Waals surface area contributed by atoms with Gasteiger partial charge in [-0.05, 0) is 24.1 Å². The number of carbonyl (C=O) groups is 2. The molecule has 1 N–H and O–H groups in total. The lowest BCUT2D eigenvalue weighted by Gasteiger charge is -2.19. The highest BCUT2D eigenvalue weighted by Gasteiger charge is 2.25. The Morgan fingerprint density at radius 3 is 2.50 bits per heavy atom. The minimum absolute atomic E-state index is 0.0337. The monoisotopic (exact) mass is 313 g/mol. The topological polar surface area (TPSA) is 55.4 Å². The molecular weight excluding hydrogens is 298 g/mol. The van der Waals surface area contributed by atoms with Crippen molar-refractivity contribution in [2.24, 2.45) is 5.92 Å². The summed E-state index contributed by atoms with van der Waals surface area (Å²) < 4.78 is 5.49. The van der Waals surface area contributed by atoms with Gasteiger partial charge in [0, 0.05) is 10.0 Å². The molecule has 0 spiro atoms. The second-order valence-electron chi connectivity index (χ2n) is 4.23. The van der Waals surface area contributed by atoms with Crippen molar-refractivity contribution in [3.8, 4) is 0 Å². The van der Waals surface area contributed by atoms with Crippen molar-refractivity contribution in [2.45, 2.75) is 19.9 Å². The first-order valence-corrected chi connectivity index (χ1v) is 6.39. The first kappa shape index (κ1) is 14.7. The lowest BCUT2D eigenvalue weighted by molar-refractivity contribution is -0.144. The molecular formula is C13H16BrNO3. The SMILES string of the molecule is COC(=O)[C@@H](NC(=O)c1cccc(Br)c1)C(C)C. The minimum atomic E-state index is -0.638. The lowest BCUT2D eigenvalue weighted by Crippen LogP contribution is -2.45. The summed E-state index contributed by atoms with van der Waals surface area (Å²) in [4.78, 5) is 23.5. The van der Waals surface area contributed by atoms with E-state index in [2.05, 4.69) is 26.0 Å². The Morgan fingerprint density at radius 2 is 2.00 bits per heavy atom. The molecule has 5 heteroatoms. The van der Waals surface area contributed by atoms with Crippen LogP contribution < -0.4 is 5.32 Å². The number of halogens is 1. The molecule has 1 rings (SSSR count). The average molecular weight is 314 g/mol. The fourth-order valence-electron chi connectivity index (χ4n) is 1.48. The number of hydrogen-bond donors (Lipinski definition) is 1. The number of benzene rings is 1. The normalized spacial score (nSPS) is 12.1. The fourth-order valence-corrected chi connectivity index (χ4v) is 1.88. The number of ether oxygens (including phenoxy) is 1. The number of rotatable bonds is 4. The van der Waals surface area contributed by atoms with E-state index in [1.165, 1.54) is 7.11 Å². The van der Waals surface area contributed by atoms with Gasteiger partial charge in [-0.1, -0.05) is 35.8 Å². The largest absolute Gasteiger partial charge is 0.467 e. The van der Waals surface area contributed by atoms with Crippen LogP contribution >= 0.6 is 15.9 Å². The standard InChI is InChI=1S/C13H16BrNO3/c1-8(2)11(13(17)18-3)15-12(16)9-5-4-6-10(14)7-9/h4-8,11H,1-3H3,(H,15,16)/t11-/m0/s1. The molecule has 0 saturated heterocycles. The van der Waals surface area contributed by atoms with Crippen molar-refractivity contribution in [3.63, 3.8) is 0 Å². The number of esters is 1. The van der Waals surface area contributed by atoms with Crippen LogP contribution in [0.1, 0.15) is 24.2 Å². The zero-order valence-corrected chi connectivity index (χ0v) is 12.2. The van der Waals surface area contributed by atoms with Crippen molar-refractivity contribution in [1.82, 2.24) is 5.32 Å². The predicted molar refractivity (Wildman–Crippen MR) is 72.3 cm³/mol. The summed E-state index contributed by atoms with van der Waals surface area (Å²) in [7, 11) is 1.31. The first-order valence-electron chi connectivity index (χ1n) is 5.60. The zero-order chi connectivity index (χ0) is 13.7. The Bertz CT molecular complexity index is 446. The van der Waals surface area contributed by atoms with E-state index in [0.717, 1.165) is 4.47 Å². The average Bonchev–Trinajstić information content (AvgIpc) is 2.34. The van der Waals surface area contributed by atoms with Crippen LogP contribution in [0, 0.1) is 5.92 Å². The summed E-state index contributed by atoms with van der Waals surface area (Å²) in [5.41, 5.74) is 0.499. The van der Waals surface area contributed by atoms with E-state index in [4.69, 9.17) is 0 Å². The summed E-state index contributed by atoms with van der Waals surface area (Å²) >= 11 is 3.30. The Balaban J connectivity index is 2.82. The molecule has 0 unspecified atom stereocenters. The van der Waals surface area contributed by atoms with Crippen LogP contribution in [0.25, 0.3) is 0 Å². The molecule has 98 valence electrons. The molecule has 0 aliphatic rings. The lowest BCUT2D eigenvalue weighted by atomic mass is 10.0. The van der Waals surface area contributed by atoms with Gasteiger partial charge in [-0.15, -0.1) is 0 Å². The van der Waals surface area contributed by atoms with Gasteiger partial charge in [-0.25, -0.2) is 4.79 Å². The molecule has 1 atom stereocenters. The Kier molecular flexibility index (Phi) is 5.34. The van der Waals surface area contributed by atoms with Crippen molar-refractivity contribution >= 4 is 27.8 Å². The molecule has 0 aromatic heterocycles. The van der Waals surface area contributed by atoms with Gasteiger partial charge < -0.3 is 10.1 Å². The van der Waals surface area contributed by atoms with E-state index in [0.29, 0.717) is 5.56 Å². The van der Waals surface area contributed by atoms with Gasteiger partial charge in [0.2, 0.25) is 0 Å². The van der Waals surface area contributed by atoms with Crippen LogP contribution in [-0.2, 0) is 9.53 Å². The van der Waals surface area contributed by atoms with E-state index in [1.807, 2.05) is 19.9 Å². The van der Waals surface area contributed by atoms with E-state index >= 15 is 0 Å². The number of nitrogens with one attached hydrogen (secondary N) is 1. The van der Waals surface area contributed by atoms with E-state index in [-0.39, 0.29) is 11.8 Å². The van der Waals surface area contributed by atoms with Gasteiger partial charge >= 0.3 is 5.97 Å². The third-order valence-electron chi connectivity index (χ3n) is 2.50. The summed E-state index contributed by atoms with van der Waals surface area (Å²) in [6.45, 7) is 3.70. The molecule has 0 aliphatic heterocycles. The summed E-state index contributed by atoms with van der Waals surface area (Å²) in [5, 5.41) is 2.68. The maximum Gasteiger partial charge on any atom is 0.328 e. The molecule has 0 heterocycles. The maximum atomic E-state index is 12.0. The first-order chi connectivity index (χ1) is 8.45. The molecule has 0 radical (unpaired) electrons. The van der Waals surface area contributed by atoms with E-state index in [9.17, 15) is 9.59 Å². The Morgan fingerprint density at radius 1 is 1.33 bits per heavy atom. The third kappa shape index (κ3) is 3.84. The number of methoxy groups -OCH3 is 1. The number of amides is 1. The molecule has 1 aromatic carbocycles. The smallest absolute Gasteiger partial charge is 0.328 e. The summed E-state index contributed by atoms with van der Waals surface area (Å²) in [6.07, 6.45) is 0. The quantitative estimate of drug-likeness (QED) is 0.868. The van der Waals surface area contributed by atoms with Crippen molar-refractivity contribution in [3.05, 3.63) is 34.3 Å². The van der Waals surface area contributed by atoms with E-state index in [1.54, 1.807) is 18.2 Å². The van der Waals surface area contributed by atoms with Gasteiger partial charge in [-0.3, -0.25) is 4.79 Å².